The van der Waals surface area contributed by atoms with Gasteiger partial charge in [-0.25, -0.2) is 9.37 Å². The molecule has 0 unspecified atom stereocenters. The number of rotatable bonds is 7. The quantitative estimate of drug-likeness (QED) is 0.521. The van der Waals surface area contributed by atoms with Gasteiger partial charge in [0, 0.05) is 51.4 Å². The van der Waals surface area contributed by atoms with Crippen LogP contribution in [0.25, 0.3) is 10.2 Å². The molecule has 0 saturated carbocycles. The van der Waals surface area contributed by atoms with E-state index in [1.165, 1.54) is 6.07 Å². The molecule has 180 valence electrons. The van der Waals surface area contributed by atoms with E-state index >= 15 is 0 Å². The molecule has 0 atom stereocenters. The minimum absolute atomic E-state index is 0.0485. The Bertz CT molecular complexity index is 1130. The van der Waals surface area contributed by atoms with Gasteiger partial charge in [-0.05, 0) is 43.3 Å². The molecule has 7 nitrogen and oxygen atoms in total. The van der Waals surface area contributed by atoms with Gasteiger partial charge in [0.1, 0.15) is 5.82 Å². The Kier molecular flexibility index (Phi) is 7.22. The van der Waals surface area contributed by atoms with Gasteiger partial charge in [0.05, 0.1) is 29.1 Å². The second-order valence-electron chi connectivity index (χ2n) is 8.67. The van der Waals surface area contributed by atoms with Crippen molar-refractivity contribution in [2.24, 2.45) is 0 Å². The van der Waals surface area contributed by atoms with Crippen LogP contribution in [0.2, 0.25) is 0 Å². The van der Waals surface area contributed by atoms with Gasteiger partial charge in [0.15, 0.2) is 5.13 Å². The van der Waals surface area contributed by atoms with Gasteiger partial charge in [-0.2, -0.15) is 0 Å². The Labute approximate surface area is 203 Å². The predicted molar refractivity (Wildman–Crippen MR) is 135 cm³/mol. The number of piperazine rings is 1. The van der Waals surface area contributed by atoms with E-state index in [4.69, 9.17) is 9.72 Å². The molecule has 5 rings (SSSR count). The number of morpholine rings is 1. The molecule has 3 aromatic rings. The number of thiazole rings is 1. The first-order chi connectivity index (χ1) is 16.7. The van der Waals surface area contributed by atoms with Gasteiger partial charge in [0.2, 0.25) is 0 Å². The third-order valence-corrected chi connectivity index (χ3v) is 7.50. The highest BCUT2D eigenvalue weighted by molar-refractivity contribution is 7.22. The zero-order valence-corrected chi connectivity index (χ0v) is 20.0. The summed E-state index contributed by atoms with van der Waals surface area (Å²) in [6, 6.07) is 12.7. The van der Waals surface area contributed by atoms with Crippen molar-refractivity contribution >= 4 is 38.3 Å². The van der Waals surface area contributed by atoms with E-state index in [0.29, 0.717) is 17.8 Å². The SMILES string of the molecule is O=C(NCCCN1CCN(c2ccccc2F)CC1)c1ccc2nc(N3CCOCC3)sc2c1. The molecule has 9 heteroatoms. The summed E-state index contributed by atoms with van der Waals surface area (Å²) in [6.07, 6.45) is 0.884. The first kappa shape index (κ1) is 23.0. The molecule has 3 heterocycles. The predicted octanol–water partition coefficient (Wildman–Crippen LogP) is 3.21. The normalized spacial score (nSPS) is 17.3. The standard InChI is InChI=1S/C25H30FN5O2S/c26-20-4-1-2-5-22(20)30-12-10-29(11-13-30)9-3-8-27-24(32)19-6-7-21-23(18-19)34-25(28-21)31-14-16-33-17-15-31/h1-2,4-7,18H,3,8-17H2,(H,27,32). The maximum atomic E-state index is 14.0. The van der Waals surface area contributed by atoms with Gasteiger partial charge >= 0.3 is 0 Å². The lowest BCUT2D eigenvalue weighted by atomic mass is 10.2. The fourth-order valence-corrected chi connectivity index (χ4v) is 5.53. The number of nitrogens with one attached hydrogen (secondary N) is 1. The van der Waals surface area contributed by atoms with E-state index in [9.17, 15) is 9.18 Å². The summed E-state index contributed by atoms with van der Waals surface area (Å²) in [6.45, 7) is 8.13. The van der Waals surface area contributed by atoms with Gasteiger partial charge in [-0.15, -0.1) is 0 Å². The first-order valence-electron chi connectivity index (χ1n) is 11.9. The molecule has 0 aliphatic carbocycles. The molecule has 2 saturated heterocycles. The second-order valence-corrected chi connectivity index (χ2v) is 9.68. The third-order valence-electron chi connectivity index (χ3n) is 6.42. The van der Waals surface area contributed by atoms with E-state index in [1.807, 2.05) is 30.3 Å². The molecule has 0 bridgehead atoms. The number of hydrogen-bond acceptors (Lipinski definition) is 7. The van der Waals surface area contributed by atoms with E-state index in [0.717, 1.165) is 80.8 Å². The molecule has 2 aromatic carbocycles. The lowest BCUT2D eigenvalue weighted by molar-refractivity contribution is 0.0951. The number of carbonyl (C=O) groups excluding carboxylic acids is 1. The molecule has 34 heavy (non-hydrogen) atoms. The van der Waals surface area contributed by atoms with Crippen LogP contribution in [-0.4, -0.2) is 81.4 Å². The molecule has 2 aliphatic heterocycles. The van der Waals surface area contributed by atoms with Crippen molar-refractivity contribution in [2.75, 3.05) is 75.4 Å². The summed E-state index contributed by atoms with van der Waals surface area (Å²) in [7, 11) is 0. The number of hydrogen-bond donors (Lipinski definition) is 1. The number of carbonyl (C=O) groups is 1. The Morgan fingerprint density at radius 1 is 1.03 bits per heavy atom. The van der Waals surface area contributed by atoms with Crippen molar-refractivity contribution in [1.82, 2.24) is 15.2 Å². The smallest absolute Gasteiger partial charge is 0.251 e. The van der Waals surface area contributed by atoms with Crippen LogP contribution < -0.4 is 15.1 Å². The number of ether oxygens (including phenoxy) is 1. The largest absolute Gasteiger partial charge is 0.378 e. The molecule has 2 aliphatic rings. The molecule has 2 fully saturated rings. The molecule has 1 N–H and O–H groups in total. The van der Waals surface area contributed by atoms with E-state index in [-0.39, 0.29) is 11.7 Å². The van der Waals surface area contributed by atoms with Crippen LogP contribution in [0.1, 0.15) is 16.8 Å². The summed E-state index contributed by atoms with van der Waals surface area (Å²) in [4.78, 5) is 24.1. The summed E-state index contributed by atoms with van der Waals surface area (Å²) in [5, 5.41) is 4.04. The van der Waals surface area contributed by atoms with Crippen LogP contribution in [0.3, 0.4) is 0 Å². The number of anilines is 2. The summed E-state index contributed by atoms with van der Waals surface area (Å²) in [5.41, 5.74) is 2.28. The highest BCUT2D eigenvalue weighted by Crippen LogP contribution is 2.30. The maximum absolute atomic E-state index is 14.0. The van der Waals surface area contributed by atoms with Gasteiger partial charge in [0.25, 0.3) is 5.91 Å². The molecule has 0 radical (unpaired) electrons. The molecular weight excluding hydrogens is 453 g/mol. The minimum Gasteiger partial charge on any atom is -0.378 e. The number of halogens is 1. The Morgan fingerprint density at radius 3 is 2.62 bits per heavy atom. The Morgan fingerprint density at radius 2 is 1.82 bits per heavy atom. The van der Waals surface area contributed by atoms with Crippen LogP contribution in [0, 0.1) is 5.82 Å². The Hall–Kier alpha value is -2.75. The molecule has 1 amide bonds. The number of aromatic nitrogens is 1. The number of amides is 1. The Balaban J connectivity index is 1.07. The van der Waals surface area contributed by atoms with Crippen molar-refractivity contribution in [3.05, 3.63) is 53.8 Å². The highest BCUT2D eigenvalue weighted by atomic mass is 32.1. The number of para-hydroxylation sites is 1. The van der Waals surface area contributed by atoms with E-state index in [2.05, 4.69) is 20.0 Å². The zero-order valence-electron chi connectivity index (χ0n) is 19.2. The maximum Gasteiger partial charge on any atom is 0.251 e. The first-order valence-corrected chi connectivity index (χ1v) is 12.7. The van der Waals surface area contributed by atoms with Crippen molar-refractivity contribution in [1.29, 1.82) is 0 Å². The van der Waals surface area contributed by atoms with Gasteiger partial charge in [-0.1, -0.05) is 23.5 Å². The topological polar surface area (TPSA) is 60.9 Å². The average Bonchev–Trinajstić information content (AvgIpc) is 3.31. The van der Waals surface area contributed by atoms with E-state index < -0.39 is 0 Å². The van der Waals surface area contributed by atoms with Crippen molar-refractivity contribution in [3.63, 3.8) is 0 Å². The lowest BCUT2D eigenvalue weighted by Crippen LogP contribution is -2.47. The molecule has 1 aromatic heterocycles. The minimum atomic E-state index is -0.160. The van der Waals surface area contributed by atoms with Gasteiger partial charge in [-0.3, -0.25) is 9.69 Å². The van der Waals surface area contributed by atoms with E-state index in [1.54, 1.807) is 17.4 Å². The van der Waals surface area contributed by atoms with Crippen molar-refractivity contribution in [2.45, 2.75) is 6.42 Å². The number of fused-ring (bicyclic) bond motifs is 1. The number of benzene rings is 2. The lowest BCUT2D eigenvalue weighted by Gasteiger charge is -2.36. The highest BCUT2D eigenvalue weighted by Gasteiger charge is 2.19. The fourth-order valence-electron chi connectivity index (χ4n) is 4.47. The zero-order chi connectivity index (χ0) is 23.3. The van der Waals surface area contributed by atoms with Crippen LogP contribution in [0.15, 0.2) is 42.5 Å². The summed E-state index contributed by atoms with van der Waals surface area (Å²) in [5.74, 6) is -0.208. The second kappa shape index (κ2) is 10.7. The summed E-state index contributed by atoms with van der Waals surface area (Å²) >= 11 is 1.63. The van der Waals surface area contributed by atoms with Gasteiger partial charge < -0.3 is 19.9 Å². The fraction of sp³-hybridized carbons (Fsp3) is 0.440. The van der Waals surface area contributed by atoms with Crippen LogP contribution in [0.4, 0.5) is 15.2 Å². The van der Waals surface area contributed by atoms with Crippen molar-refractivity contribution < 1.29 is 13.9 Å². The van der Waals surface area contributed by atoms with Crippen LogP contribution >= 0.6 is 11.3 Å². The molecular formula is C25H30FN5O2S. The van der Waals surface area contributed by atoms with Crippen molar-refractivity contribution in [3.8, 4) is 0 Å². The monoisotopic (exact) mass is 483 g/mol. The average molecular weight is 484 g/mol. The van der Waals surface area contributed by atoms with Crippen LogP contribution in [0.5, 0.6) is 0 Å². The molecule has 0 spiro atoms. The van der Waals surface area contributed by atoms with Crippen LogP contribution in [-0.2, 0) is 4.74 Å². The third kappa shape index (κ3) is 5.32. The summed E-state index contributed by atoms with van der Waals surface area (Å²) < 4.78 is 20.5. The number of nitrogens with zero attached hydrogens (tertiary/aromatic N) is 4.